The Balaban J connectivity index is 0.000000278. The number of hydrogen-bond acceptors (Lipinski definition) is 5. The Kier molecular flexibility index (Phi) is 5.96. The third-order valence-corrected chi connectivity index (χ3v) is 4.57. The SMILES string of the molecule is COc1ccc(Cc2ccc3c(c2)OC(C)CN3)cc1.O=c1[nH]ccs1. The molecule has 1 aromatic heterocycles. The van der Waals surface area contributed by atoms with Crippen LogP contribution in [0.2, 0.25) is 0 Å². The molecule has 0 aliphatic carbocycles. The van der Waals surface area contributed by atoms with Crippen LogP contribution in [-0.2, 0) is 6.42 Å². The zero-order chi connectivity index (χ0) is 18.4. The number of methoxy groups -OCH3 is 1. The second-order valence-corrected chi connectivity index (χ2v) is 6.90. The monoisotopic (exact) mass is 370 g/mol. The van der Waals surface area contributed by atoms with Crippen LogP contribution in [-0.4, -0.2) is 24.7 Å². The highest BCUT2D eigenvalue weighted by molar-refractivity contribution is 7.07. The van der Waals surface area contributed by atoms with Crippen molar-refractivity contribution in [2.75, 3.05) is 19.0 Å². The van der Waals surface area contributed by atoms with Gasteiger partial charge in [-0.15, -0.1) is 0 Å². The molecule has 1 aliphatic rings. The van der Waals surface area contributed by atoms with E-state index in [1.165, 1.54) is 22.5 Å². The first-order chi connectivity index (χ1) is 12.6. The molecule has 2 aromatic carbocycles. The van der Waals surface area contributed by atoms with Gasteiger partial charge in [0, 0.05) is 11.6 Å². The minimum atomic E-state index is 0.00926. The second-order valence-electron chi connectivity index (χ2n) is 6.02. The summed E-state index contributed by atoms with van der Waals surface area (Å²) >= 11 is 1.17. The molecule has 3 aromatic rings. The molecule has 0 amide bonds. The molecule has 136 valence electrons. The summed E-state index contributed by atoms with van der Waals surface area (Å²) in [4.78, 5) is 12.5. The number of anilines is 1. The molecule has 5 nitrogen and oxygen atoms in total. The summed E-state index contributed by atoms with van der Waals surface area (Å²) in [5, 5.41) is 5.09. The van der Waals surface area contributed by atoms with Crippen LogP contribution in [0, 0.1) is 0 Å². The van der Waals surface area contributed by atoms with Gasteiger partial charge in [0.1, 0.15) is 17.6 Å². The molecule has 6 heteroatoms. The topological polar surface area (TPSA) is 63.4 Å². The van der Waals surface area contributed by atoms with Crippen LogP contribution in [0.4, 0.5) is 5.69 Å². The van der Waals surface area contributed by atoms with E-state index < -0.39 is 0 Å². The van der Waals surface area contributed by atoms with Crippen LogP contribution in [0.1, 0.15) is 18.1 Å². The normalized spacial score (nSPS) is 14.9. The average Bonchev–Trinajstić information content (AvgIpc) is 3.13. The maximum Gasteiger partial charge on any atom is 0.304 e. The largest absolute Gasteiger partial charge is 0.497 e. The first-order valence-electron chi connectivity index (χ1n) is 8.42. The number of nitrogens with one attached hydrogen (secondary N) is 2. The molecule has 4 rings (SSSR count). The van der Waals surface area contributed by atoms with E-state index in [0.29, 0.717) is 0 Å². The van der Waals surface area contributed by atoms with Gasteiger partial charge >= 0.3 is 4.87 Å². The van der Waals surface area contributed by atoms with Crippen molar-refractivity contribution in [3.05, 3.63) is 74.8 Å². The molecule has 2 N–H and O–H groups in total. The number of aromatic nitrogens is 1. The van der Waals surface area contributed by atoms with Crippen molar-refractivity contribution in [3.63, 3.8) is 0 Å². The lowest BCUT2D eigenvalue weighted by molar-refractivity contribution is 0.226. The van der Waals surface area contributed by atoms with Gasteiger partial charge in [0.15, 0.2) is 0 Å². The third kappa shape index (κ3) is 4.89. The highest BCUT2D eigenvalue weighted by atomic mass is 32.1. The minimum absolute atomic E-state index is 0.00926. The van der Waals surface area contributed by atoms with E-state index >= 15 is 0 Å². The fourth-order valence-electron chi connectivity index (χ4n) is 2.64. The van der Waals surface area contributed by atoms with Gasteiger partial charge < -0.3 is 19.8 Å². The van der Waals surface area contributed by atoms with Crippen molar-refractivity contribution in [1.82, 2.24) is 4.98 Å². The van der Waals surface area contributed by atoms with Gasteiger partial charge in [-0.05, 0) is 48.7 Å². The van der Waals surface area contributed by atoms with Gasteiger partial charge in [-0.3, -0.25) is 4.79 Å². The highest BCUT2D eigenvalue weighted by Crippen LogP contribution is 2.30. The maximum atomic E-state index is 10.0. The number of H-pyrrole nitrogens is 1. The van der Waals surface area contributed by atoms with E-state index in [2.05, 4.69) is 47.6 Å². The summed E-state index contributed by atoms with van der Waals surface area (Å²) < 4.78 is 11.0. The number of fused-ring (bicyclic) bond motifs is 1. The summed E-state index contributed by atoms with van der Waals surface area (Å²) in [5.41, 5.74) is 3.61. The highest BCUT2D eigenvalue weighted by Gasteiger charge is 2.15. The Morgan fingerprint density at radius 1 is 1.19 bits per heavy atom. The van der Waals surface area contributed by atoms with Crippen LogP contribution in [0.3, 0.4) is 0 Å². The summed E-state index contributed by atoms with van der Waals surface area (Å²) in [5.74, 6) is 1.84. The van der Waals surface area contributed by atoms with E-state index in [-0.39, 0.29) is 11.0 Å². The van der Waals surface area contributed by atoms with Crippen LogP contribution in [0.5, 0.6) is 11.5 Å². The van der Waals surface area contributed by atoms with Crippen molar-refractivity contribution in [2.45, 2.75) is 19.4 Å². The Morgan fingerprint density at radius 3 is 2.58 bits per heavy atom. The lowest BCUT2D eigenvalue weighted by atomic mass is 10.0. The fraction of sp³-hybridized carbons (Fsp3) is 0.250. The van der Waals surface area contributed by atoms with Crippen LogP contribution in [0.25, 0.3) is 0 Å². The Hall–Kier alpha value is -2.73. The van der Waals surface area contributed by atoms with E-state index in [9.17, 15) is 4.79 Å². The van der Waals surface area contributed by atoms with E-state index in [0.717, 1.165) is 30.2 Å². The summed E-state index contributed by atoms with van der Waals surface area (Å²) in [6.07, 6.45) is 2.74. The zero-order valence-corrected chi connectivity index (χ0v) is 15.6. The van der Waals surface area contributed by atoms with Gasteiger partial charge in [-0.25, -0.2) is 0 Å². The van der Waals surface area contributed by atoms with Crippen molar-refractivity contribution >= 4 is 17.0 Å². The van der Waals surface area contributed by atoms with Gasteiger partial charge in [0.25, 0.3) is 0 Å². The number of benzene rings is 2. The smallest absolute Gasteiger partial charge is 0.304 e. The van der Waals surface area contributed by atoms with Crippen molar-refractivity contribution in [1.29, 1.82) is 0 Å². The lowest BCUT2D eigenvalue weighted by Gasteiger charge is -2.25. The first-order valence-corrected chi connectivity index (χ1v) is 9.30. The van der Waals surface area contributed by atoms with E-state index in [4.69, 9.17) is 9.47 Å². The van der Waals surface area contributed by atoms with Gasteiger partial charge in [-0.2, -0.15) is 0 Å². The number of rotatable bonds is 3. The second kappa shape index (κ2) is 8.58. The molecular weight excluding hydrogens is 348 g/mol. The maximum absolute atomic E-state index is 10.0. The molecule has 1 aliphatic heterocycles. The zero-order valence-electron chi connectivity index (χ0n) is 14.8. The molecule has 0 radical (unpaired) electrons. The van der Waals surface area contributed by atoms with Crippen molar-refractivity contribution in [3.8, 4) is 11.5 Å². The summed E-state index contributed by atoms with van der Waals surface area (Å²) in [6.45, 7) is 2.94. The molecule has 0 bridgehead atoms. The lowest BCUT2D eigenvalue weighted by Crippen LogP contribution is -2.27. The predicted octanol–water partition coefficient (Wildman–Crippen LogP) is 3.92. The minimum Gasteiger partial charge on any atom is -0.497 e. The quantitative estimate of drug-likeness (QED) is 0.734. The summed E-state index contributed by atoms with van der Waals surface area (Å²) in [6, 6.07) is 14.6. The molecule has 0 saturated heterocycles. The van der Waals surface area contributed by atoms with Gasteiger partial charge in [0.2, 0.25) is 0 Å². The fourth-order valence-corrected chi connectivity index (χ4v) is 3.04. The number of thiazole rings is 1. The molecular formula is C20H22N2O3S. The number of ether oxygens (including phenoxy) is 2. The molecule has 0 fully saturated rings. The number of hydrogen-bond donors (Lipinski definition) is 2. The molecule has 0 saturated carbocycles. The average molecular weight is 370 g/mol. The third-order valence-electron chi connectivity index (χ3n) is 3.97. The van der Waals surface area contributed by atoms with Crippen LogP contribution < -0.4 is 19.7 Å². The van der Waals surface area contributed by atoms with Gasteiger partial charge in [-0.1, -0.05) is 29.5 Å². The van der Waals surface area contributed by atoms with Crippen LogP contribution >= 0.6 is 11.3 Å². The predicted molar refractivity (Wildman–Crippen MR) is 106 cm³/mol. The standard InChI is InChI=1S/C17H19NO2.C3H3NOS/c1-12-11-18-16-8-5-14(10-17(16)20-12)9-13-3-6-15(19-2)7-4-13;5-3-4-1-2-6-3/h3-8,10,12,18H,9,11H2,1-2H3;1-2H,(H,4,5). The first kappa shape index (κ1) is 18.1. The number of aromatic amines is 1. The van der Waals surface area contributed by atoms with E-state index in [1.807, 2.05) is 12.1 Å². The molecule has 26 heavy (non-hydrogen) atoms. The van der Waals surface area contributed by atoms with E-state index in [1.54, 1.807) is 18.7 Å². The van der Waals surface area contributed by atoms with Crippen molar-refractivity contribution in [2.24, 2.45) is 0 Å². The molecule has 0 spiro atoms. The van der Waals surface area contributed by atoms with Crippen LogP contribution in [0.15, 0.2) is 58.8 Å². The van der Waals surface area contributed by atoms with Gasteiger partial charge in [0.05, 0.1) is 19.3 Å². The van der Waals surface area contributed by atoms with Crippen molar-refractivity contribution < 1.29 is 9.47 Å². The molecule has 1 unspecified atom stereocenters. The molecule has 2 heterocycles. The Morgan fingerprint density at radius 2 is 1.96 bits per heavy atom. The molecule has 1 atom stereocenters. The summed E-state index contributed by atoms with van der Waals surface area (Å²) in [7, 11) is 1.68. The Bertz CT molecular complexity index is 870. The Labute approximate surface area is 156 Å².